The van der Waals surface area contributed by atoms with Gasteiger partial charge in [-0.2, -0.15) is 13.2 Å². The molecule has 0 saturated carbocycles. The second-order valence-electron chi connectivity index (χ2n) is 6.98. The highest BCUT2D eigenvalue weighted by atomic mass is 19.4. The van der Waals surface area contributed by atoms with Crippen LogP contribution in [0.5, 0.6) is 0 Å². The van der Waals surface area contributed by atoms with Gasteiger partial charge in [0.25, 0.3) is 0 Å². The van der Waals surface area contributed by atoms with E-state index in [1.54, 1.807) is 0 Å². The fraction of sp³-hybridized carbons (Fsp3) is 0.444. The van der Waals surface area contributed by atoms with Crippen molar-refractivity contribution < 1.29 is 27.9 Å². The summed E-state index contributed by atoms with van der Waals surface area (Å²) >= 11 is 0. The third-order valence-corrected chi connectivity index (χ3v) is 4.07. The molecule has 1 aliphatic heterocycles. The van der Waals surface area contributed by atoms with Gasteiger partial charge in [0.05, 0.1) is 12.0 Å². The highest BCUT2D eigenvalue weighted by Crippen LogP contribution is 2.36. The van der Waals surface area contributed by atoms with Crippen molar-refractivity contribution in [3.05, 3.63) is 47.2 Å². The van der Waals surface area contributed by atoms with Gasteiger partial charge < -0.3 is 10.0 Å². The smallest absolute Gasteiger partial charge is 0.416 e. The van der Waals surface area contributed by atoms with Crippen molar-refractivity contribution in [1.82, 2.24) is 4.90 Å². The summed E-state index contributed by atoms with van der Waals surface area (Å²) in [5, 5.41) is 8.84. The molecule has 1 N–H and O–H groups in total. The molecule has 0 bridgehead atoms. The molecule has 0 radical (unpaired) electrons. The molecular formula is C18H20F3NO3. The first-order valence-electron chi connectivity index (χ1n) is 7.87. The standard InChI is InChI=1S/C18H20F3NO3/c1-17(2)10-14(22(11-17)8-7-16(24)25)9-15(23)12-3-5-13(6-4-12)18(19,20)21/h3-6,9H,7-8,10-11H2,1-2H3,(H,24,25)/b14-9-. The maximum atomic E-state index is 12.6. The minimum atomic E-state index is -4.44. The molecule has 1 aromatic carbocycles. The van der Waals surface area contributed by atoms with Crippen LogP contribution in [0.4, 0.5) is 13.2 Å². The lowest BCUT2D eigenvalue weighted by molar-refractivity contribution is -0.138. The number of hydrogen-bond acceptors (Lipinski definition) is 3. The zero-order chi connectivity index (χ0) is 18.8. The molecule has 0 unspecified atom stereocenters. The number of carboxylic acids is 1. The van der Waals surface area contributed by atoms with Gasteiger partial charge >= 0.3 is 12.1 Å². The highest BCUT2D eigenvalue weighted by molar-refractivity contribution is 6.04. The second kappa shape index (κ2) is 6.90. The summed E-state index contributed by atoms with van der Waals surface area (Å²) in [5.41, 5.74) is -0.00794. The Morgan fingerprint density at radius 1 is 1.24 bits per heavy atom. The molecule has 1 saturated heterocycles. The highest BCUT2D eigenvalue weighted by Gasteiger charge is 2.33. The van der Waals surface area contributed by atoms with Gasteiger partial charge in [-0.05, 0) is 24.0 Å². The number of ketones is 1. The summed E-state index contributed by atoms with van der Waals surface area (Å²) < 4.78 is 37.8. The van der Waals surface area contributed by atoms with Crippen molar-refractivity contribution in [2.75, 3.05) is 13.1 Å². The number of halogens is 3. The van der Waals surface area contributed by atoms with Gasteiger partial charge in [0.15, 0.2) is 5.78 Å². The first-order chi connectivity index (χ1) is 11.5. The van der Waals surface area contributed by atoms with Crippen LogP contribution in [-0.4, -0.2) is 34.8 Å². The molecule has 2 rings (SSSR count). The number of nitrogens with zero attached hydrogens (tertiary/aromatic N) is 1. The van der Waals surface area contributed by atoms with Crippen LogP contribution < -0.4 is 0 Å². The van der Waals surface area contributed by atoms with E-state index in [0.29, 0.717) is 19.5 Å². The van der Waals surface area contributed by atoms with Crippen LogP contribution in [0.1, 0.15) is 42.6 Å². The number of allylic oxidation sites excluding steroid dienone is 2. The fourth-order valence-corrected chi connectivity index (χ4v) is 2.93. The van der Waals surface area contributed by atoms with Crippen molar-refractivity contribution in [3.8, 4) is 0 Å². The second-order valence-corrected chi connectivity index (χ2v) is 6.98. The number of carboxylic acid groups (broad SMARTS) is 1. The lowest BCUT2D eigenvalue weighted by Gasteiger charge is -2.21. The Balaban J connectivity index is 2.18. The number of hydrogen-bond donors (Lipinski definition) is 1. The molecule has 136 valence electrons. The van der Waals surface area contributed by atoms with Crippen molar-refractivity contribution in [2.24, 2.45) is 5.41 Å². The van der Waals surface area contributed by atoms with E-state index in [9.17, 15) is 22.8 Å². The predicted molar refractivity (Wildman–Crippen MR) is 86.1 cm³/mol. The molecular weight excluding hydrogens is 335 g/mol. The van der Waals surface area contributed by atoms with Crippen LogP contribution in [0.25, 0.3) is 0 Å². The molecule has 0 amide bonds. The average Bonchev–Trinajstić information content (AvgIpc) is 2.78. The Hall–Kier alpha value is -2.31. The van der Waals surface area contributed by atoms with Crippen LogP contribution in [0.3, 0.4) is 0 Å². The molecule has 4 nitrogen and oxygen atoms in total. The number of alkyl halides is 3. The summed E-state index contributed by atoms with van der Waals surface area (Å²) in [6.07, 6.45) is -2.47. The zero-order valence-electron chi connectivity index (χ0n) is 14.1. The molecule has 7 heteroatoms. The summed E-state index contributed by atoms with van der Waals surface area (Å²) in [5.74, 6) is -1.31. The maximum Gasteiger partial charge on any atom is 0.416 e. The molecule has 1 aromatic rings. The van der Waals surface area contributed by atoms with Crippen LogP contribution >= 0.6 is 0 Å². The van der Waals surface area contributed by atoms with E-state index >= 15 is 0 Å². The number of carbonyl (C=O) groups excluding carboxylic acids is 1. The predicted octanol–water partition coefficient (Wildman–Crippen LogP) is 3.98. The van der Waals surface area contributed by atoms with E-state index in [0.717, 1.165) is 30.0 Å². The molecule has 1 aliphatic rings. The molecule has 25 heavy (non-hydrogen) atoms. The van der Waals surface area contributed by atoms with E-state index < -0.39 is 17.7 Å². The maximum absolute atomic E-state index is 12.6. The number of rotatable bonds is 5. The van der Waals surface area contributed by atoms with Gasteiger partial charge in [0, 0.05) is 30.4 Å². The SMILES string of the molecule is CC1(C)C/C(=C/C(=O)c2ccc(C(F)(F)F)cc2)N(CCC(=O)O)C1. The van der Waals surface area contributed by atoms with Gasteiger partial charge in [0.1, 0.15) is 0 Å². The Labute approximate surface area is 143 Å². The number of likely N-dealkylation sites (tertiary alicyclic amines) is 1. The number of carbonyl (C=O) groups is 2. The molecule has 0 aromatic heterocycles. The van der Waals surface area contributed by atoms with E-state index in [1.165, 1.54) is 6.08 Å². The molecule has 1 heterocycles. The third-order valence-electron chi connectivity index (χ3n) is 4.07. The van der Waals surface area contributed by atoms with Crippen LogP contribution in [-0.2, 0) is 11.0 Å². The fourth-order valence-electron chi connectivity index (χ4n) is 2.93. The zero-order valence-corrected chi connectivity index (χ0v) is 14.1. The lowest BCUT2D eigenvalue weighted by Crippen LogP contribution is -2.25. The first-order valence-corrected chi connectivity index (χ1v) is 7.87. The molecule has 0 aliphatic carbocycles. The molecule has 0 atom stereocenters. The van der Waals surface area contributed by atoms with Gasteiger partial charge in [-0.25, -0.2) is 0 Å². The van der Waals surface area contributed by atoms with Gasteiger partial charge in [-0.3, -0.25) is 9.59 Å². The van der Waals surface area contributed by atoms with Crippen LogP contribution in [0.2, 0.25) is 0 Å². The van der Waals surface area contributed by atoms with Gasteiger partial charge in [-0.1, -0.05) is 26.0 Å². The minimum absolute atomic E-state index is 0.0398. The van der Waals surface area contributed by atoms with E-state index in [1.807, 2.05) is 18.7 Å². The van der Waals surface area contributed by atoms with Crippen LogP contribution in [0.15, 0.2) is 36.0 Å². The minimum Gasteiger partial charge on any atom is -0.481 e. The van der Waals surface area contributed by atoms with E-state index in [-0.39, 0.29) is 23.2 Å². The number of benzene rings is 1. The Kier molecular flexibility index (Phi) is 5.25. The lowest BCUT2D eigenvalue weighted by atomic mass is 9.92. The van der Waals surface area contributed by atoms with E-state index in [2.05, 4.69) is 0 Å². The topological polar surface area (TPSA) is 57.6 Å². The monoisotopic (exact) mass is 355 g/mol. The van der Waals surface area contributed by atoms with Gasteiger partial charge in [0.2, 0.25) is 0 Å². The van der Waals surface area contributed by atoms with Gasteiger partial charge in [-0.15, -0.1) is 0 Å². The average molecular weight is 355 g/mol. The molecule has 1 fully saturated rings. The molecule has 0 spiro atoms. The quantitative estimate of drug-likeness (QED) is 0.641. The first kappa shape index (κ1) is 19.0. The normalized spacial score (nSPS) is 18.6. The Morgan fingerprint density at radius 2 is 1.84 bits per heavy atom. The Bertz CT molecular complexity index is 691. The summed E-state index contributed by atoms with van der Waals surface area (Å²) in [4.78, 5) is 25.0. The number of aliphatic carboxylic acids is 1. The summed E-state index contributed by atoms with van der Waals surface area (Å²) in [6, 6.07) is 4.08. The van der Waals surface area contributed by atoms with Crippen molar-refractivity contribution in [1.29, 1.82) is 0 Å². The third kappa shape index (κ3) is 5.08. The Morgan fingerprint density at radius 3 is 2.36 bits per heavy atom. The summed E-state index contributed by atoms with van der Waals surface area (Å²) in [7, 11) is 0. The van der Waals surface area contributed by atoms with Crippen molar-refractivity contribution in [2.45, 2.75) is 32.9 Å². The van der Waals surface area contributed by atoms with Crippen molar-refractivity contribution in [3.63, 3.8) is 0 Å². The summed E-state index contributed by atoms with van der Waals surface area (Å²) in [6.45, 7) is 4.96. The van der Waals surface area contributed by atoms with E-state index in [4.69, 9.17) is 5.11 Å². The van der Waals surface area contributed by atoms with Crippen molar-refractivity contribution >= 4 is 11.8 Å². The van der Waals surface area contributed by atoms with Crippen LogP contribution in [0, 0.1) is 5.41 Å². The largest absolute Gasteiger partial charge is 0.481 e.